The minimum absolute atomic E-state index is 0.0512. The first kappa shape index (κ1) is 14.3. The van der Waals surface area contributed by atoms with Crippen LogP contribution >= 0.6 is 11.5 Å². The molecule has 1 fully saturated rings. The minimum atomic E-state index is -0.234. The molecule has 1 aliphatic rings. The lowest BCUT2D eigenvalue weighted by Gasteiger charge is -2.31. The van der Waals surface area contributed by atoms with E-state index in [1.165, 1.54) is 18.0 Å². The van der Waals surface area contributed by atoms with Gasteiger partial charge in [-0.1, -0.05) is 13.8 Å². The fourth-order valence-corrected chi connectivity index (χ4v) is 3.69. The zero-order valence-electron chi connectivity index (χ0n) is 12.0. The first-order valence-corrected chi connectivity index (χ1v) is 7.63. The Morgan fingerprint density at radius 1 is 1.32 bits per heavy atom. The molecule has 19 heavy (non-hydrogen) atoms. The van der Waals surface area contributed by atoms with Gasteiger partial charge in [0.1, 0.15) is 16.7 Å². The average Bonchev–Trinajstić information content (AvgIpc) is 2.68. The molecule has 0 aromatic carbocycles. The van der Waals surface area contributed by atoms with Crippen molar-refractivity contribution in [2.75, 3.05) is 12.4 Å². The molecule has 0 radical (unpaired) electrons. The predicted molar refractivity (Wildman–Crippen MR) is 77.8 cm³/mol. The molecule has 0 spiro atoms. The molecular formula is C14H22N2O2S. The van der Waals surface area contributed by atoms with Gasteiger partial charge in [-0.3, -0.25) is 0 Å². The van der Waals surface area contributed by atoms with Crippen LogP contribution in [0.5, 0.6) is 0 Å². The molecule has 0 saturated heterocycles. The van der Waals surface area contributed by atoms with Crippen LogP contribution in [0.2, 0.25) is 0 Å². The number of aryl methyl sites for hydroxylation is 1. The van der Waals surface area contributed by atoms with Crippen molar-refractivity contribution in [3.63, 3.8) is 0 Å². The van der Waals surface area contributed by atoms with E-state index in [4.69, 9.17) is 4.74 Å². The van der Waals surface area contributed by atoms with E-state index in [9.17, 15) is 4.79 Å². The van der Waals surface area contributed by atoms with Gasteiger partial charge in [-0.25, -0.2) is 4.79 Å². The van der Waals surface area contributed by atoms with Gasteiger partial charge in [0.15, 0.2) is 0 Å². The summed E-state index contributed by atoms with van der Waals surface area (Å²) in [6.07, 6.45) is 3.23. The monoisotopic (exact) mass is 282 g/mol. The van der Waals surface area contributed by atoms with Crippen molar-refractivity contribution < 1.29 is 9.53 Å². The van der Waals surface area contributed by atoms with E-state index in [-0.39, 0.29) is 12.1 Å². The normalized spacial score (nSPS) is 27.1. The molecular weight excluding hydrogens is 260 g/mol. The number of carbonyl (C=O) groups is 1. The van der Waals surface area contributed by atoms with E-state index in [0.29, 0.717) is 17.4 Å². The van der Waals surface area contributed by atoms with Crippen LogP contribution in [0, 0.1) is 18.8 Å². The summed E-state index contributed by atoms with van der Waals surface area (Å²) in [6, 6.07) is 0. The number of rotatable bonds is 3. The number of ether oxygens (including phenoxy) is 1. The van der Waals surface area contributed by atoms with E-state index in [0.717, 1.165) is 23.5 Å². The summed E-state index contributed by atoms with van der Waals surface area (Å²) in [7, 11) is 1.80. The van der Waals surface area contributed by atoms with Crippen molar-refractivity contribution in [3.8, 4) is 0 Å². The maximum absolute atomic E-state index is 12.3. The minimum Gasteiger partial charge on any atom is -0.459 e. The summed E-state index contributed by atoms with van der Waals surface area (Å²) >= 11 is 1.31. The third-order valence-corrected chi connectivity index (χ3v) is 4.66. The Kier molecular flexibility index (Phi) is 4.45. The molecule has 1 saturated carbocycles. The summed E-state index contributed by atoms with van der Waals surface area (Å²) in [5.74, 6) is 1.03. The fraction of sp³-hybridized carbons (Fsp3) is 0.714. The van der Waals surface area contributed by atoms with Crippen LogP contribution in [-0.4, -0.2) is 23.5 Å². The third-order valence-electron chi connectivity index (χ3n) is 3.70. The zero-order chi connectivity index (χ0) is 14.0. The molecule has 5 heteroatoms. The number of nitrogens with zero attached hydrogens (tertiary/aromatic N) is 1. The topological polar surface area (TPSA) is 51.2 Å². The number of hydrogen-bond donors (Lipinski definition) is 1. The van der Waals surface area contributed by atoms with Crippen LogP contribution in [0.4, 0.5) is 5.00 Å². The number of nitrogens with one attached hydrogen (secondary N) is 1. The Labute approximate surface area is 118 Å². The number of esters is 1. The van der Waals surface area contributed by atoms with Crippen LogP contribution in [0.1, 0.15) is 49.2 Å². The molecule has 1 N–H and O–H groups in total. The van der Waals surface area contributed by atoms with Gasteiger partial charge in [0.25, 0.3) is 0 Å². The summed E-state index contributed by atoms with van der Waals surface area (Å²) in [5, 5.41) is 3.80. The van der Waals surface area contributed by atoms with E-state index in [1.807, 2.05) is 6.92 Å². The fourth-order valence-electron chi connectivity index (χ4n) is 2.96. The number of anilines is 1. The molecule has 4 nitrogen and oxygen atoms in total. The molecule has 1 aliphatic carbocycles. The van der Waals surface area contributed by atoms with Gasteiger partial charge in [0, 0.05) is 7.05 Å². The molecule has 106 valence electrons. The summed E-state index contributed by atoms with van der Waals surface area (Å²) in [5.41, 5.74) is 1.34. The Balaban J connectivity index is 2.06. The molecule has 1 aromatic heterocycles. The Morgan fingerprint density at radius 2 is 1.95 bits per heavy atom. The Bertz CT molecular complexity index is 448. The first-order chi connectivity index (χ1) is 9.01. The molecule has 0 bridgehead atoms. The highest BCUT2D eigenvalue weighted by Crippen LogP contribution is 2.32. The van der Waals surface area contributed by atoms with Crippen molar-refractivity contribution in [1.29, 1.82) is 0 Å². The second-order valence-electron chi connectivity index (χ2n) is 5.67. The molecule has 2 rings (SSSR count). The molecule has 2 unspecified atom stereocenters. The maximum atomic E-state index is 12.3. The van der Waals surface area contributed by atoms with E-state index < -0.39 is 0 Å². The van der Waals surface area contributed by atoms with E-state index in [2.05, 4.69) is 23.5 Å². The summed E-state index contributed by atoms with van der Waals surface area (Å²) < 4.78 is 9.90. The van der Waals surface area contributed by atoms with Gasteiger partial charge in [-0.05, 0) is 49.6 Å². The molecule has 0 amide bonds. The van der Waals surface area contributed by atoms with Crippen molar-refractivity contribution in [1.82, 2.24) is 4.37 Å². The van der Waals surface area contributed by atoms with Gasteiger partial charge in [-0.2, -0.15) is 4.37 Å². The zero-order valence-corrected chi connectivity index (χ0v) is 12.8. The summed E-state index contributed by atoms with van der Waals surface area (Å²) in [4.78, 5) is 12.3. The SMILES string of the molecule is CNc1snc(C)c1C(=O)OC1CC(C)CC(C)C1. The molecule has 1 heterocycles. The average molecular weight is 282 g/mol. The van der Waals surface area contributed by atoms with Crippen LogP contribution < -0.4 is 5.32 Å². The Morgan fingerprint density at radius 3 is 2.53 bits per heavy atom. The highest BCUT2D eigenvalue weighted by atomic mass is 32.1. The van der Waals surface area contributed by atoms with Crippen LogP contribution in [-0.2, 0) is 4.74 Å². The molecule has 0 aliphatic heterocycles. The highest BCUT2D eigenvalue weighted by molar-refractivity contribution is 7.10. The second-order valence-corrected chi connectivity index (χ2v) is 6.44. The van der Waals surface area contributed by atoms with E-state index in [1.54, 1.807) is 7.05 Å². The predicted octanol–water partition coefficient (Wildman–Crippen LogP) is 3.47. The van der Waals surface area contributed by atoms with Crippen molar-refractivity contribution in [2.24, 2.45) is 11.8 Å². The summed E-state index contributed by atoms with van der Waals surface area (Å²) in [6.45, 7) is 6.31. The van der Waals surface area contributed by atoms with Gasteiger partial charge in [0.2, 0.25) is 0 Å². The third kappa shape index (κ3) is 3.26. The number of carbonyl (C=O) groups excluding carboxylic acids is 1. The van der Waals surface area contributed by atoms with Gasteiger partial charge in [-0.15, -0.1) is 0 Å². The van der Waals surface area contributed by atoms with Gasteiger partial charge < -0.3 is 10.1 Å². The van der Waals surface area contributed by atoms with Crippen LogP contribution in [0.25, 0.3) is 0 Å². The van der Waals surface area contributed by atoms with Crippen LogP contribution in [0.3, 0.4) is 0 Å². The standard InChI is InChI=1S/C14H22N2O2S/c1-8-5-9(2)7-11(6-8)18-14(17)12-10(3)16-19-13(12)15-4/h8-9,11,15H,5-7H2,1-4H3. The second kappa shape index (κ2) is 5.90. The highest BCUT2D eigenvalue weighted by Gasteiger charge is 2.28. The first-order valence-electron chi connectivity index (χ1n) is 6.86. The van der Waals surface area contributed by atoms with Gasteiger partial charge in [0.05, 0.1) is 5.69 Å². The maximum Gasteiger partial charge on any atom is 0.343 e. The quantitative estimate of drug-likeness (QED) is 0.862. The van der Waals surface area contributed by atoms with Crippen molar-refractivity contribution in [2.45, 2.75) is 46.1 Å². The smallest absolute Gasteiger partial charge is 0.343 e. The molecule has 2 atom stereocenters. The van der Waals surface area contributed by atoms with Crippen LogP contribution in [0.15, 0.2) is 0 Å². The van der Waals surface area contributed by atoms with Crippen molar-refractivity contribution in [3.05, 3.63) is 11.3 Å². The number of aromatic nitrogens is 1. The lowest BCUT2D eigenvalue weighted by molar-refractivity contribution is 0.00811. The molecule has 1 aromatic rings. The largest absolute Gasteiger partial charge is 0.459 e. The Hall–Kier alpha value is -1.10. The lowest BCUT2D eigenvalue weighted by atomic mass is 9.82. The lowest BCUT2D eigenvalue weighted by Crippen LogP contribution is -2.28. The number of hydrogen-bond acceptors (Lipinski definition) is 5. The van der Waals surface area contributed by atoms with Crippen molar-refractivity contribution >= 4 is 22.5 Å². The van der Waals surface area contributed by atoms with Gasteiger partial charge >= 0.3 is 5.97 Å². The van der Waals surface area contributed by atoms with E-state index >= 15 is 0 Å².